The maximum atomic E-state index is 12.2. The first kappa shape index (κ1) is 16.8. The highest BCUT2D eigenvalue weighted by Crippen LogP contribution is 2.23. The first-order valence-electron chi connectivity index (χ1n) is 8.05. The maximum absolute atomic E-state index is 12.2. The zero-order valence-electron chi connectivity index (χ0n) is 14.1. The molecule has 1 heterocycles. The van der Waals surface area contributed by atoms with Crippen LogP contribution in [0, 0.1) is 6.92 Å². The van der Waals surface area contributed by atoms with Crippen molar-refractivity contribution in [3.63, 3.8) is 0 Å². The summed E-state index contributed by atoms with van der Waals surface area (Å²) in [7, 11) is 1.73. The van der Waals surface area contributed by atoms with Crippen molar-refractivity contribution < 1.29 is 14.3 Å². The highest BCUT2D eigenvalue weighted by atomic mass is 16.5. The number of piperidine rings is 1. The number of amides is 1. The Morgan fingerprint density at radius 1 is 1.32 bits per heavy atom. The van der Waals surface area contributed by atoms with Gasteiger partial charge in [0.25, 0.3) is 5.91 Å². The van der Waals surface area contributed by atoms with E-state index in [1.54, 1.807) is 7.11 Å². The van der Waals surface area contributed by atoms with Crippen LogP contribution in [0.5, 0.6) is 5.75 Å². The molecule has 1 saturated heterocycles. The second kappa shape index (κ2) is 7.63. The van der Waals surface area contributed by atoms with E-state index in [0.29, 0.717) is 5.92 Å². The molecule has 1 fully saturated rings. The molecule has 0 unspecified atom stereocenters. The van der Waals surface area contributed by atoms with E-state index in [9.17, 15) is 4.79 Å². The zero-order valence-corrected chi connectivity index (χ0v) is 14.1. The van der Waals surface area contributed by atoms with Gasteiger partial charge in [0, 0.05) is 20.2 Å². The Balaban J connectivity index is 1.85. The van der Waals surface area contributed by atoms with Crippen LogP contribution in [0.4, 0.5) is 0 Å². The molecule has 0 N–H and O–H groups in total. The van der Waals surface area contributed by atoms with Gasteiger partial charge in [0.05, 0.1) is 6.10 Å². The molecule has 1 aromatic rings. The van der Waals surface area contributed by atoms with E-state index in [4.69, 9.17) is 9.47 Å². The summed E-state index contributed by atoms with van der Waals surface area (Å²) in [4.78, 5) is 14.1. The first-order valence-corrected chi connectivity index (χ1v) is 8.05. The van der Waals surface area contributed by atoms with Crippen molar-refractivity contribution in [2.45, 2.75) is 45.6 Å². The second-order valence-electron chi connectivity index (χ2n) is 6.28. The molecule has 22 heavy (non-hydrogen) atoms. The number of carbonyl (C=O) groups is 1. The number of ether oxygens (including phenoxy) is 2. The standard InChI is InChI=1S/C18H27NO3/c1-13(2)17-6-5-16(11-14(17)3)22-12-18(20)19-9-7-15(21-4)8-10-19/h5-6,11,13,15H,7-10,12H2,1-4H3. The summed E-state index contributed by atoms with van der Waals surface area (Å²) in [6.45, 7) is 8.06. The van der Waals surface area contributed by atoms with Crippen LogP contribution in [0.1, 0.15) is 43.7 Å². The zero-order chi connectivity index (χ0) is 16.1. The van der Waals surface area contributed by atoms with Gasteiger partial charge in [0.15, 0.2) is 6.61 Å². The number of benzene rings is 1. The summed E-state index contributed by atoms with van der Waals surface area (Å²) in [5.74, 6) is 1.32. The fourth-order valence-corrected chi connectivity index (χ4v) is 2.96. The van der Waals surface area contributed by atoms with Crippen LogP contribution >= 0.6 is 0 Å². The Labute approximate surface area is 133 Å². The lowest BCUT2D eigenvalue weighted by atomic mass is 9.98. The maximum Gasteiger partial charge on any atom is 0.260 e. The number of methoxy groups -OCH3 is 1. The molecular formula is C18H27NO3. The van der Waals surface area contributed by atoms with E-state index in [2.05, 4.69) is 26.8 Å². The van der Waals surface area contributed by atoms with Gasteiger partial charge < -0.3 is 14.4 Å². The number of hydrogen-bond donors (Lipinski definition) is 0. The van der Waals surface area contributed by atoms with Crippen molar-refractivity contribution in [2.75, 3.05) is 26.8 Å². The van der Waals surface area contributed by atoms with Gasteiger partial charge in [-0.05, 0) is 48.9 Å². The third-order valence-electron chi connectivity index (χ3n) is 4.35. The molecule has 0 bridgehead atoms. The third kappa shape index (κ3) is 4.23. The highest BCUT2D eigenvalue weighted by molar-refractivity contribution is 5.77. The van der Waals surface area contributed by atoms with Crippen LogP contribution in [0.25, 0.3) is 0 Å². The Morgan fingerprint density at radius 3 is 2.55 bits per heavy atom. The summed E-state index contributed by atoms with van der Waals surface area (Å²) in [6, 6.07) is 6.05. The van der Waals surface area contributed by atoms with Crippen molar-refractivity contribution in [2.24, 2.45) is 0 Å². The summed E-state index contributed by atoms with van der Waals surface area (Å²) >= 11 is 0. The molecule has 0 aliphatic carbocycles. The van der Waals surface area contributed by atoms with E-state index < -0.39 is 0 Å². The normalized spacial score (nSPS) is 16.1. The largest absolute Gasteiger partial charge is 0.484 e. The van der Waals surface area contributed by atoms with E-state index in [1.807, 2.05) is 17.0 Å². The van der Waals surface area contributed by atoms with Gasteiger partial charge in [0.2, 0.25) is 0 Å². The fraction of sp³-hybridized carbons (Fsp3) is 0.611. The van der Waals surface area contributed by atoms with Gasteiger partial charge in [-0.15, -0.1) is 0 Å². The molecule has 122 valence electrons. The summed E-state index contributed by atoms with van der Waals surface area (Å²) < 4.78 is 11.0. The molecule has 0 aromatic heterocycles. The average molecular weight is 305 g/mol. The van der Waals surface area contributed by atoms with E-state index in [0.717, 1.165) is 31.7 Å². The molecule has 2 rings (SSSR count). The van der Waals surface area contributed by atoms with Crippen molar-refractivity contribution >= 4 is 5.91 Å². The fourth-order valence-electron chi connectivity index (χ4n) is 2.96. The number of rotatable bonds is 5. The monoisotopic (exact) mass is 305 g/mol. The van der Waals surface area contributed by atoms with Gasteiger partial charge in [0.1, 0.15) is 5.75 Å². The molecule has 4 nitrogen and oxygen atoms in total. The Morgan fingerprint density at radius 2 is 2.00 bits per heavy atom. The molecule has 0 saturated carbocycles. The molecule has 1 amide bonds. The molecule has 0 spiro atoms. The smallest absolute Gasteiger partial charge is 0.260 e. The Kier molecular flexibility index (Phi) is 5.83. The number of likely N-dealkylation sites (tertiary alicyclic amines) is 1. The topological polar surface area (TPSA) is 38.8 Å². The van der Waals surface area contributed by atoms with Gasteiger partial charge in [-0.2, -0.15) is 0 Å². The lowest BCUT2D eigenvalue weighted by molar-refractivity contribution is -0.135. The molecule has 1 aliphatic rings. The van der Waals surface area contributed by atoms with E-state index >= 15 is 0 Å². The number of aryl methyl sites for hydroxylation is 1. The van der Waals surface area contributed by atoms with Crippen LogP contribution in [-0.4, -0.2) is 43.7 Å². The first-order chi connectivity index (χ1) is 10.5. The number of nitrogens with zero attached hydrogens (tertiary/aromatic N) is 1. The molecule has 0 atom stereocenters. The van der Waals surface area contributed by atoms with Crippen molar-refractivity contribution in [1.29, 1.82) is 0 Å². The minimum absolute atomic E-state index is 0.0557. The van der Waals surface area contributed by atoms with Crippen LogP contribution in [0.3, 0.4) is 0 Å². The van der Waals surface area contributed by atoms with Crippen LogP contribution in [0.15, 0.2) is 18.2 Å². The Bertz CT molecular complexity index is 505. The van der Waals surface area contributed by atoms with Crippen molar-refractivity contribution in [3.05, 3.63) is 29.3 Å². The van der Waals surface area contributed by atoms with Crippen LogP contribution < -0.4 is 4.74 Å². The molecule has 0 radical (unpaired) electrons. The molecule has 1 aliphatic heterocycles. The second-order valence-corrected chi connectivity index (χ2v) is 6.28. The molecule has 4 heteroatoms. The Hall–Kier alpha value is -1.55. The number of hydrogen-bond acceptors (Lipinski definition) is 3. The third-order valence-corrected chi connectivity index (χ3v) is 4.35. The van der Waals surface area contributed by atoms with Crippen molar-refractivity contribution in [3.8, 4) is 5.75 Å². The highest BCUT2D eigenvalue weighted by Gasteiger charge is 2.22. The predicted molar refractivity (Wildman–Crippen MR) is 87.4 cm³/mol. The van der Waals surface area contributed by atoms with Crippen LogP contribution in [0.2, 0.25) is 0 Å². The lowest BCUT2D eigenvalue weighted by Gasteiger charge is -2.31. The SMILES string of the molecule is COC1CCN(C(=O)COc2ccc(C(C)C)c(C)c2)CC1. The van der Waals surface area contributed by atoms with Crippen molar-refractivity contribution in [1.82, 2.24) is 4.90 Å². The van der Waals surface area contributed by atoms with Crippen LogP contribution in [-0.2, 0) is 9.53 Å². The molecular weight excluding hydrogens is 278 g/mol. The minimum atomic E-state index is 0.0557. The summed E-state index contributed by atoms with van der Waals surface area (Å²) in [5.41, 5.74) is 2.53. The lowest BCUT2D eigenvalue weighted by Crippen LogP contribution is -2.42. The number of carbonyl (C=O) groups excluding carboxylic acids is 1. The van der Waals surface area contributed by atoms with Gasteiger partial charge in [-0.3, -0.25) is 4.79 Å². The average Bonchev–Trinajstić information content (AvgIpc) is 2.52. The summed E-state index contributed by atoms with van der Waals surface area (Å²) in [5, 5.41) is 0. The van der Waals surface area contributed by atoms with Gasteiger partial charge in [-0.25, -0.2) is 0 Å². The molecule has 1 aromatic carbocycles. The van der Waals surface area contributed by atoms with E-state index in [-0.39, 0.29) is 18.6 Å². The summed E-state index contributed by atoms with van der Waals surface area (Å²) in [6.07, 6.45) is 2.10. The van der Waals surface area contributed by atoms with E-state index in [1.165, 1.54) is 11.1 Å². The quantitative estimate of drug-likeness (QED) is 0.839. The van der Waals surface area contributed by atoms with Gasteiger partial charge in [-0.1, -0.05) is 19.9 Å². The van der Waals surface area contributed by atoms with Gasteiger partial charge >= 0.3 is 0 Å². The predicted octanol–water partition coefficient (Wildman–Crippen LogP) is 3.13. The minimum Gasteiger partial charge on any atom is -0.484 e.